The molecule has 1 atom stereocenters. The van der Waals surface area contributed by atoms with Crippen molar-refractivity contribution in [2.75, 3.05) is 6.54 Å². The SMILES string of the molecule is CCC(C(N)=O)n1cc(CNCC(C)C)nn1. The van der Waals surface area contributed by atoms with E-state index in [-0.39, 0.29) is 5.91 Å². The molecule has 17 heavy (non-hydrogen) atoms. The average Bonchev–Trinajstić information content (AvgIpc) is 2.66. The Hall–Kier alpha value is -1.43. The molecule has 1 unspecified atom stereocenters. The Kier molecular flexibility index (Phi) is 5.09. The fourth-order valence-electron chi connectivity index (χ4n) is 1.55. The van der Waals surface area contributed by atoms with Gasteiger partial charge in [0, 0.05) is 6.54 Å². The predicted octanol–water partition coefficient (Wildman–Crippen LogP) is 0.460. The van der Waals surface area contributed by atoms with E-state index in [1.165, 1.54) is 4.68 Å². The van der Waals surface area contributed by atoms with Gasteiger partial charge in [-0.1, -0.05) is 26.0 Å². The first-order chi connectivity index (χ1) is 8.04. The number of carbonyl (C=O) groups excluding carboxylic acids is 1. The molecular weight excluding hydrogens is 218 g/mol. The topological polar surface area (TPSA) is 85.8 Å². The van der Waals surface area contributed by atoms with Crippen LogP contribution >= 0.6 is 0 Å². The van der Waals surface area contributed by atoms with Gasteiger partial charge in [-0.25, -0.2) is 4.68 Å². The quantitative estimate of drug-likeness (QED) is 0.723. The smallest absolute Gasteiger partial charge is 0.242 e. The van der Waals surface area contributed by atoms with Gasteiger partial charge >= 0.3 is 0 Å². The van der Waals surface area contributed by atoms with Crippen molar-refractivity contribution in [2.24, 2.45) is 11.7 Å². The summed E-state index contributed by atoms with van der Waals surface area (Å²) in [4.78, 5) is 11.2. The molecule has 6 nitrogen and oxygen atoms in total. The summed E-state index contributed by atoms with van der Waals surface area (Å²) in [5, 5.41) is 11.2. The van der Waals surface area contributed by atoms with E-state index < -0.39 is 6.04 Å². The van der Waals surface area contributed by atoms with Gasteiger partial charge in [0.1, 0.15) is 6.04 Å². The Balaban J connectivity index is 2.55. The first-order valence-electron chi connectivity index (χ1n) is 5.95. The maximum atomic E-state index is 11.2. The zero-order valence-electron chi connectivity index (χ0n) is 10.7. The Bertz CT molecular complexity index is 360. The summed E-state index contributed by atoms with van der Waals surface area (Å²) in [7, 11) is 0. The highest BCUT2D eigenvalue weighted by molar-refractivity contribution is 5.78. The third kappa shape index (κ3) is 4.14. The van der Waals surface area contributed by atoms with Crippen LogP contribution in [0.5, 0.6) is 0 Å². The molecule has 1 rings (SSSR count). The Morgan fingerprint density at radius 3 is 2.82 bits per heavy atom. The summed E-state index contributed by atoms with van der Waals surface area (Å²) in [6.07, 6.45) is 2.39. The van der Waals surface area contributed by atoms with Gasteiger partial charge in [0.2, 0.25) is 5.91 Å². The third-order valence-corrected chi connectivity index (χ3v) is 2.45. The van der Waals surface area contributed by atoms with Crippen molar-refractivity contribution in [3.8, 4) is 0 Å². The number of rotatable bonds is 7. The zero-order valence-corrected chi connectivity index (χ0v) is 10.7. The number of hydrogen-bond acceptors (Lipinski definition) is 4. The average molecular weight is 239 g/mol. The summed E-state index contributed by atoms with van der Waals surface area (Å²) in [6.45, 7) is 7.77. The number of nitrogens with one attached hydrogen (secondary N) is 1. The van der Waals surface area contributed by atoms with Gasteiger partial charge in [0.25, 0.3) is 0 Å². The molecular formula is C11H21N5O. The number of primary amides is 1. The molecule has 1 aromatic heterocycles. The summed E-state index contributed by atoms with van der Waals surface area (Å²) in [6, 6.07) is -0.402. The van der Waals surface area contributed by atoms with E-state index in [4.69, 9.17) is 5.73 Å². The molecule has 0 saturated heterocycles. The number of hydrogen-bond donors (Lipinski definition) is 2. The van der Waals surface area contributed by atoms with Crippen LogP contribution in [-0.2, 0) is 11.3 Å². The molecule has 0 spiro atoms. The van der Waals surface area contributed by atoms with Crippen LogP contribution in [0, 0.1) is 5.92 Å². The van der Waals surface area contributed by atoms with Crippen LogP contribution in [0.15, 0.2) is 6.20 Å². The minimum atomic E-state index is -0.402. The molecule has 96 valence electrons. The van der Waals surface area contributed by atoms with Crippen molar-refractivity contribution >= 4 is 5.91 Å². The minimum Gasteiger partial charge on any atom is -0.368 e. The highest BCUT2D eigenvalue weighted by Gasteiger charge is 2.16. The molecule has 0 aliphatic heterocycles. The molecule has 0 radical (unpaired) electrons. The van der Waals surface area contributed by atoms with Crippen LogP contribution in [0.1, 0.15) is 38.9 Å². The number of amides is 1. The second kappa shape index (κ2) is 6.34. The lowest BCUT2D eigenvalue weighted by atomic mass is 10.2. The van der Waals surface area contributed by atoms with E-state index >= 15 is 0 Å². The Morgan fingerprint density at radius 1 is 1.59 bits per heavy atom. The maximum absolute atomic E-state index is 11.2. The van der Waals surface area contributed by atoms with Crippen molar-refractivity contribution < 1.29 is 4.79 Å². The number of nitrogens with zero attached hydrogens (tertiary/aromatic N) is 3. The predicted molar refractivity (Wildman–Crippen MR) is 65.1 cm³/mol. The Morgan fingerprint density at radius 2 is 2.29 bits per heavy atom. The van der Waals surface area contributed by atoms with Crippen LogP contribution in [0.4, 0.5) is 0 Å². The monoisotopic (exact) mass is 239 g/mol. The standard InChI is InChI=1S/C11H21N5O/c1-4-10(11(12)17)16-7-9(14-15-16)6-13-5-8(2)3/h7-8,10,13H,4-6H2,1-3H3,(H2,12,17). The highest BCUT2D eigenvalue weighted by atomic mass is 16.1. The molecule has 0 bridgehead atoms. The molecule has 1 amide bonds. The summed E-state index contributed by atoms with van der Waals surface area (Å²) >= 11 is 0. The summed E-state index contributed by atoms with van der Waals surface area (Å²) < 4.78 is 1.54. The number of nitrogens with two attached hydrogens (primary N) is 1. The van der Waals surface area contributed by atoms with E-state index in [9.17, 15) is 4.79 Å². The molecule has 0 aliphatic carbocycles. The molecule has 0 aromatic carbocycles. The van der Waals surface area contributed by atoms with Gasteiger partial charge < -0.3 is 11.1 Å². The van der Waals surface area contributed by atoms with E-state index in [1.807, 2.05) is 6.92 Å². The second-order valence-corrected chi connectivity index (χ2v) is 4.54. The van der Waals surface area contributed by atoms with Crippen LogP contribution in [-0.4, -0.2) is 27.4 Å². The molecule has 3 N–H and O–H groups in total. The van der Waals surface area contributed by atoms with Crippen molar-refractivity contribution in [1.29, 1.82) is 0 Å². The van der Waals surface area contributed by atoms with E-state index in [0.29, 0.717) is 18.9 Å². The fraction of sp³-hybridized carbons (Fsp3) is 0.727. The van der Waals surface area contributed by atoms with Crippen molar-refractivity contribution in [1.82, 2.24) is 20.3 Å². The van der Waals surface area contributed by atoms with Crippen molar-refractivity contribution in [3.63, 3.8) is 0 Å². The van der Waals surface area contributed by atoms with Gasteiger partial charge in [-0.2, -0.15) is 0 Å². The number of carbonyl (C=O) groups is 1. The van der Waals surface area contributed by atoms with Gasteiger partial charge in [-0.15, -0.1) is 5.10 Å². The molecule has 1 heterocycles. The maximum Gasteiger partial charge on any atom is 0.242 e. The molecule has 0 fully saturated rings. The summed E-state index contributed by atoms with van der Waals surface area (Å²) in [5.74, 6) is 0.221. The largest absolute Gasteiger partial charge is 0.368 e. The van der Waals surface area contributed by atoms with Crippen LogP contribution in [0.3, 0.4) is 0 Å². The van der Waals surface area contributed by atoms with Gasteiger partial charge in [0.15, 0.2) is 0 Å². The first kappa shape index (κ1) is 13.6. The lowest BCUT2D eigenvalue weighted by molar-refractivity contribution is -0.121. The Labute approximate surface area is 102 Å². The van der Waals surface area contributed by atoms with Crippen molar-refractivity contribution in [3.05, 3.63) is 11.9 Å². The normalized spacial score (nSPS) is 12.9. The van der Waals surface area contributed by atoms with Crippen LogP contribution in [0.2, 0.25) is 0 Å². The minimum absolute atomic E-state index is 0.376. The molecule has 0 aliphatic rings. The van der Waals surface area contributed by atoms with Crippen LogP contribution in [0.25, 0.3) is 0 Å². The zero-order chi connectivity index (χ0) is 12.8. The lowest BCUT2D eigenvalue weighted by Gasteiger charge is -2.09. The fourth-order valence-corrected chi connectivity index (χ4v) is 1.55. The van der Waals surface area contributed by atoms with Crippen molar-refractivity contribution in [2.45, 2.75) is 39.8 Å². The number of aromatic nitrogens is 3. The van der Waals surface area contributed by atoms with Crippen LogP contribution < -0.4 is 11.1 Å². The molecule has 6 heteroatoms. The molecule has 0 saturated carbocycles. The molecule has 1 aromatic rings. The second-order valence-electron chi connectivity index (χ2n) is 4.54. The van der Waals surface area contributed by atoms with E-state index in [1.54, 1.807) is 6.20 Å². The van der Waals surface area contributed by atoms with E-state index in [0.717, 1.165) is 12.2 Å². The van der Waals surface area contributed by atoms with Gasteiger partial charge in [-0.3, -0.25) is 4.79 Å². The lowest BCUT2D eigenvalue weighted by Crippen LogP contribution is -2.26. The third-order valence-electron chi connectivity index (χ3n) is 2.45. The van der Waals surface area contributed by atoms with Gasteiger partial charge in [0.05, 0.1) is 11.9 Å². The van der Waals surface area contributed by atoms with E-state index in [2.05, 4.69) is 29.5 Å². The van der Waals surface area contributed by atoms with Gasteiger partial charge in [-0.05, 0) is 18.9 Å². The summed E-state index contributed by atoms with van der Waals surface area (Å²) in [5.41, 5.74) is 6.11. The first-order valence-corrected chi connectivity index (χ1v) is 5.95. The highest BCUT2D eigenvalue weighted by Crippen LogP contribution is 2.09.